The van der Waals surface area contributed by atoms with Crippen LogP contribution in [0, 0.1) is 0 Å². The van der Waals surface area contributed by atoms with Gasteiger partial charge in [0.15, 0.2) is 0 Å². The lowest BCUT2D eigenvalue weighted by atomic mass is 9.72. The highest BCUT2D eigenvalue weighted by molar-refractivity contribution is 6.08. The number of anilines is 1. The Labute approximate surface area is 173 Å². The highest BCUT2D eigenvalue weighted by Gasteiger charge is 2.59. The highest BCUT2D eigenvalue weighted by atomic mass is 16.2. The van der Waals surface area contributed by atoms with Gasteiger partial charge in [0.25, 0.3) is 11.5 Å². The van der Waals surface area contributed by atoms with E-state index in [1.807, 2.05) is 54.6 Å². The lowest BCUT2D eigenvalue weighted by Crippen LogP contribution is -2.43. The number of nitrogens with one attached hydrogen (secondary N) is 1. The fourth-order valence-electron chi connectivity index (χ4n) is 4.92. The molecule has 6 nitrogen and oxygen atoms in total. The van der Waals surface area contributed by atoms with Crippen molar-refractivity contribution >= 4 is 17.5 Å². The van der Waals surface area contributed by atoms with E-state index in [1.165, 1.54) is 4.57 Å². The zero-order valence-corrected chi connectivity index (χ0v) is 16.5. The topological polar surface area (TPSA) is 71.4 Å². The Bertz CT molecular complexity index is 1220. The quantitative estimate of drug-likeness (QED) is 0.720. The fourth-order valence-corrected chi connectivity index (χ4v) is 4.92. The number of fused-ring (bicyclic) bond motifs is 2. The number of aromatic nitrogens is 1. The summed E-state index contributed by atoms with van der Waals surface area (Å²) >= 11 is 0. The molecule has 1 spiro atoms. The van der Waals surface area contributed by atoms with E-state index >= 15 is 0 Å². The Balaban J connectivity index is 1.69. The van der Waals surface area contributed by atoms with Crippen LogP contribution in [0.15, 0.2) is 77.7 Å². The van der Waals surface area contributed by atoms with Gasteiger partial charge < -0.3 is 14.8 Å². The van der Waals surface area contributed by atoms with Gasteiger partial charge in [0.05, 0.1) is 6.04 Å². The third-order valence-electron chi connectivity index (χ3n) is 6.32. The molecule has 2 atom stereocenters. The van der Waals surface area contributed by atoms with E-state index in [4.69, 9.17) is 0 Å². The standard InChI is InChI=1S/C24H21N3O3/c1-26-14-7-10-17(21(26)28)22(29)27-15-13-24(20(27)16-8-3-2-4-9-16)18-11-5-6-12-19(18)25-23(24)30/h2-12,14,20H,13,15H2,1H3,(H,25,30)/t20-,24+/m0/s1. The monoisotopic (exact) mass is 399 g/mol. The first-order chi connectivity index (χ1) is 14.5. The van der Waals surface area contributed by atoms with Crippen LogP contribution in [0.25, 0.3) is 0 Å². The number of carbonyl (C=O) groups is 2. The van der Waals surface area contributed by atoms with Crippen molar-refractivity contribution in [2.45, 2.75) is 17.9 Å². The summed E-state index contributed by atoms with van der Waals surface area (Å²) < 4.78 is 1.40. The number of hydrogen-bond acceptors (Lipinski definition) is 3. The molecular weight excluding hydrogens is 378 g/mol. The number of rotatable bonds is 2. The van der Waals surface area contributed by atoms with E-state index in [1.54, 1.807) is 30.3 Å². The van der Waals surface area contributed by atoms with Gasteiger partial charge >= 0.3 is 0 Å². The van der Waals surface area contributed by atoms with Crippen LogP contribution >= 0.6 is 0 Å². The molecule has 0 radical (unpaired) electrons. The van der Waals surface area contributed by atoms with Crippen molar-refractivity contribution < 1.29 is 9.59 Å². The fraction of sp³-hybridized carbons (Fsp3) is 0.208. The van der Waals surface area contributed by atoms with Crippen molar-refractivity contribution in [3.63, 3.8) is 0 Å². The van der Waals surface area contributed by atoms with Crippen molar-refractivity contribution in [1.29, 1.82) is 0 Å². The van der Waals surface area contributed by atoms with E-state index in [-0.39, 0.29) is 22.9 Å². The van der Waals surface area contributed by atoms with Crippen LogP contribution in [0.3, 0.4) is 0 Å². The van der Waals surface area contributed by atoms with Crippen LogP contribution in [0.1, 0.15) is 33.9 Å². The Morgan fingerprint density at radius 1 is 1.00 bits per heavy atom. The van der Waals surface area contributed by atoms with Gasteiger partial charge in [-0.25, -0.2) is 0 Å². The molecule has 5 rings (SSSR count). The smallest absolute Gasteiger partial charge is 0.263 e. The zero-order chi connectivity index (χ0) is 20.9. The number of aryl methyl sites for hydroxylation is 1. The molecule has 2 amide bonds. The molecular formula is C24H21N3O3. The van der Waals surface area contributed by atoms with Crippen molar-refractivity contribution in [3.05, 3.63) is 100.0 Å². The maximum absolute atomic E-state index is 13.5. The van der Waals surface area contributed by atoms with E-state index in [9.17, 15) is 14.4 Å². The first-order valence-electron chi connectivity index (χ1n) is 9.96. The minimum Gasteiger partial charge on any atom is -0.330 e. The first kappa shape index (κ1) is 18.4. The molecule has 1 aromatic heterocycles. The van der Waals surface area contributed by atoms with Gasteiger partial charge in [-0.3, -0.25) is 14.4 Å². The van der Waals surface area contributed by atoms with Crippen molar-refractivity contribution in [3.8, 4) is 0 Å². The molecule has 2 aliphatic heterocycles. The van der Waals surface area contributed by atoms with Crippen LogP contribution in [0.2, 0.25) is 0 Å². The predicted molar refractivity (Wildman–Crippen MR) is 113 cm³/mol. The molecule has 1 fully saturated rings. The third kappa shape index (κ3) is 2.46. The van der Waals surface area contributed by atoms with Gasteiger partial charge in [-0.05, 0) is 35.7 Å². The van der Waals surface area contributed by atoms with Crippen LogP contribution < -0.4 is 10.9 Å². The molecule has 30 heavy (non-hydrogen) atoms. The average Bonchev–Trinajstić information content (AvgIpc) is 3.30. The van der Waals surface area contributed by atoms with Crippen LogP contribution in [0.5, 0.6) is 0 Å². The summed E-state index contributed by atoms with van der Waals surface area (Å²) in [6, 6.07) is 20.0. The molecule has 6 heteroatoms. The molecule has 1 saturated heterocycles. The number of hydrogen-bond donors (Lipinski definition) is 1. The van der Waals surface area contributed by atoms with Crippen LogP contribution in [-0.4, -0.2) is 27.8 Å². The Hall–Kier alpha value is -3.67. The van der Waals surface area contributed by atoms with Crippen LogP contribution in [0.4, 0.5) is 5.69 Å². The maximum Gasteiger partial charge on any atom is 0.263 e. The van der Waals surface area contributed by atoms with Gasteiger partial charge in [0, 0.05) is 25.5 Å². The van der Waals surface area contributed by atoms with Gasteiger partial charge in [-0.2, -0.15) is 0 Å². The number of nitrogens with zero attached hydrogens (tertiary/aromatic N) is 2. The van der Waals surface area contributed by atoms with Crippen molar-refractivity contribution in [2.24, 2.45) is 7.05 Å². The minimum absolute atomic E-state index is 0.103. The molecule has 2 aliphatic rings. The summed E-state index contributed by atoms with van der Waals surface area (Å²) in [5, 5.41) is 3.01. The number of para-hydroxylation sites is 1. The summed E-state index contributed by atoms with van der Waals surface area (Å²) in [5.41, 5.74) is 1.46. The van der Waals surface area contributed by atoms with E-state index in [0.717, 1.165) is 16.8 Å². The summed E-state index contributed by atoms with van der Waals surface area (Å²) in [6.45, 7) is 0.387. The molecule has 1 N–H and O–H groups in total. The summed E-state index contributed by atoms with van der Waals surface area (Å²) in [7, 11) is 1.62. The van der Waals surface area contributed by atoms with Crippen molar-refractivity contribution in [2.75, 3.05) is 11.9 Å². The largest absolute Gasteiger partial charge is 0.330 e. The van der Waals surface area contributed by atoms with Gasteiger partial charge in [-0.15, -0.1) is 0 Å². The molecule has 0 saturated carbocycles. The van der Waals surface area contributed by atoms with E-state index in [0.29, 0.717) is 13.0 Å². The normalized spacial score (nSPS) is 22.2. The second kappa shape index (κ2) is 6.69. The molecule has 0 bridgehead atoms. The number of pyridine rings is 1. The average molecular weight is 399 g/mol. The minimum atomic E-state index is -0.881. The SMILES string of the molecule is Cn1cccc(C(=O)N2CC[C@]3(C(=O)Nc4ccccc43)[C@@H]2c2ccccc2)c1=O. The molecule has 0 aliphatic carbocycles. The predicted octanol–water partition coefficient (Wildman–Crippen LogP) is 2.86. The van der Waals surface area contributed by atoms with Gasteiger partial charge in [0.1, 0.15) is 11.0 Å². The Morgan fingerprint density at radius 3 is 2.53 bits per heavy atom. The molecule has 0 unspecified atom stereocenters. The zero-order valence-electron chi connectivity index (χ0n) is 16.5. The van der Waals surface area contributed by atoms with E-state index < -0.39 is 11.5 Å². The summed E-state index contributed by atoms with van der Waals surface area (Å²) in [6.07, 6.45) is 2.12. The lowest BCUT2D eigenvalue weighted by Gasteiger charge is -2.34. The highest BCUT2D eigenvalue weighted by Crippen LogP contribution is 2.54. The number of benzene rings is 2. The van der Waals surface area contributed by atoms with Gasteiger partial charge in [0.2, 0.25) is 5.91 Å². The number of amides is 2. The van der Waals surface area contributed by atoms with Crippen molar-refractivity contribution in [1.82, 2.24) is 9.47 Å². The number of likely N-dealkylation sites (tertiary alicyclic amines) is 1. The maximum atomic E-state index is 13.5. The van der Waals surface area contributed by atoms with E-state index in [2.05, 4.69) is 5.32 Å². The third-order valence-corrected chi connectivity index (χ3v) is 6.32. The second-order valence-corrected chi connectivity index (χ2v) is 7.87. The molecule has 150 valence electrons. The summed E-state index contributed by atoms with van der Waals surface area (Å²) in [5.74, 6) is -0.451. The number of carbonyl (C=O) groups excluding carboxylic acids is 2. The van der Waals surface area contributed by atoms with Crippen LogP contribution in [-0.2, 0) is 17.3 Å². The van der Waals surface area contributed by atoms with Gasteiger partial charge in [-0.1, -0.05) is 48.5 Å². The molecule has 3 heterocycles. The first-order valence-corrected chi connectivity index (χ1v) is 9.96. The second-order valence-electron chi connectivity index (χ2n) is 7.87. The summed E-state index contributed by atoms with van der Waals surface area (Å²) in [4.78, 5) is 41.2. The molecule has 3 aromatic rings. The lowest BCUT2D eigenvalue weighted by molar-refractivity contribution is -0.121. The Kier molecular flexibility index (Phi) is 4.10. The molecule has 2 aromatic carbocycles. The Morgan fingerprint density at radius 2 is 1.73 bits per heavy atom.